The minimum absolute atomic E-state index is 0.116. The maximum Gasteiger partial charge on any atom is 0.225 e. The molecule has 2 saturated heterocycles. The topological polar surface area (TPSA) is 63.2 Å². The fourth-order valence-corrected chi connectivity index (χ4v) is 3.53. The summed E-state index contributed by atoms with van der Waals surface area (Å²) in [7, 11) is 0. The normalized spacial score (nSPS) is 23.2. The van der Waals surface area contributed by atoms with E-state index in [0.717, 1.165) is 32.4 Å². The number of hydrogen-bond donors (Lipinski definition) is 1. The molecule has 1 N–H and O–H groups in total. The number of nitrogens with one attached hydrogen (secondary N) is 1. The lowest BCUT2D eigenvalue weighted by molar-refractivity contribution is 0.185. The van der Waals surface area contributed by atoms with Crippen molar-refractivity contribution in [1.82, 2.24) is 15.0 Å². The second kappa shape index (κ2) is 7.31. The Morgan fingerprint density at radius 3 is 2.80 bits per heavy atom. The van der Waals surface area contributed by atoms with Crippen molar-refractivity contribution < 1.29 is 9.13 Å². The van der Waals surface area contributed by atoms with E-state index in [1.54, 1.807) is 12.4 Å². The van der Waals surface area contributed by atoms with Crippen molar-refractivity contribution in [3.63, 3.8) is 0 Å². The molecule has 0 spiro atoms. The lowest BCUT2D eigenvalue weighted by Gasteiger charge is -2.21. The molecule has 0 radical (unpaired) electrons. The molecule has 25 heavy (non-hydrogen) atoms. The van der Waals surface area contributed by atoms with Crippen LogP contribution in [0.15, 0.2) is 30.7 Å². The first-order valence-electron chi connectivity index (χ1n) is 8.80. The smallest absolute Gasteiger partial charge is 0.225 e. The lowest BCUT2D eigenvalue weighted by atomic mass is 9.95. The van der Waals surface area contributed by atoms with Crippen molar-refractivity contribution in [1.29, 1.82) is 0 Å². The maximum absolute atomic E-state index is 14.1. The summed E-state index contributed by atoms with van der Waals surface area (Å²) in [4.78, 5) is 14.6. The minimum atomic E-state index is -0.358. The summed E-state index contributed by atoms with van der Waals surface area (Å²) in [6, 6.07) is 4.16. The fraction of sp³-hybridized carbons (Fsp3) is 0.500. The van der Waals surface area contributed by atoms with Crippen LogP contribution in [0.5, 0.6) is 0 Å². The third kappa shape index (κ3) is 3.71. The van der Waals surface area contributed by atoms with Crippen molar-refractivity contribution in [2.75, 3.05) is 36.5 Å². The molecule has 0 unspecified atom stereocenters. The van der Waals surface area contributed by atoms with Crippen molar-refractivity contribution in [3.8, 4) is 0 Å². The zero-order valence-electron chi connectivity index (χ0n) is 14.1. The van der Waals surface area contributed by atoms with Crippen LogP contribution in [-0.4, -0.2) is 47.3 Å². The minimum Gasteiger partial charge on any atom is -0.379 e. The van der Waals surface area contributed by atoms with Crippen LogP contribution in [0.3, 0.4) is 0 Å². The highest BCUT2D eigenvalue weighted by Gasteiger charge is 2.29. The molecule has 4 heterocycles. The van der Waals surface area contributed by atoms with Crippen molar-refractivity contribution in [2.24, 2.45) is 5.92 Å². The molecule has 0 aromatic carbocycles. The van der Waals surface area contributed by atoms with E-state index in [4.69, 9.17) is 4.74 Å². The van der Waals surface area contributed by atoms with Gasteiger partial charge in [0.05, 0.1) is 25.5 Å². The maximum atomic E-state index is 14.1. The van der Waals surface area contributed by atoms with Crippen LogP contribution in [0.25, 0.3) is 0 Å². The van der Waals surface area contributed by atoms with E-state index in [-0.39, 0.29) is 11.9 Å². The largest absolute Gasteiger partial charge is 0.379 e. The van der Waals surface area contributed by atoms with Gasteiger partial charge in [-0.2, -0.15) is 4.98 Å². The Bertz CT molecular complexity index is 708. The molecule has 0 bridgehead atoms. The molecule has 0 amide bonds. The molecule has 4 rings (SSSR count). The number of anilines is 2. The predicted octanol–water partition coefficient (Wildman–Crippen LogP) is 2.28. The zero-order valence-corrected chi connectivity index (χ0v) is 14.1. The van der Waals surface area contributed by atoms with Crippen molar-refractivity contribution >= 4 is 11.8 Å². The molecular weight excluding hydrogens is 321 g/mol. The number of pyridine rings is 1. The zero-order chi connectivity index (χ0) is 17.1. The van der Waals surface area contributed by atoms with Gasteiger partial charge in [0.2, 0.25) is 5.95 Å². The SMILES string of the molecule is Fc1cnc(N[C@H]2COC[C@H]2Cc2ccncc2)nc1N1CCCC1. The molecule has 2 aromatic heterocycles. The van der Waals surface area contributed by atoms with Crippen LogP contribution in [0.1, 0.15) is 18.4 Å². The van der Waals surface area contributed by atoms with E-state index < -0.39 is 0 Å². The number of rotatable bonds is 5. The van der Waals surface area contributed by atoms with E-state index in [2.05, 4.69) is 20.3 Å². The second-order valence-electron chi connectivity index (χ2n) is 6.67. The van der Waals surface area contributed by atoms with E-state index in [1.165, 1.54) is 11.8 Å². The molecule has 2 aliphatic rings. The average molecular weight is 343 g/mol. The van der Waals surface area contributed by atoms with Gasteiger partial charge in [0, 0.05) is 31.4 Å². The fourth-order valence-electron chi connectivity index (χ4n) is 3.53. The summed E-state index contributed by atoms with van der Waals surface area (Å²) >= 11 is 0. The second-order valence-corrected chi connectivity index (χ2v) is 6.67. The van der Waals surface area contributed by atoms with Crippen LogP contribution >= 0.6 is 0 Å². The molecule has 0 saturated carbocycles. The highest BCUT2D eigenvalue weighted by molar-refractivity contribution is 5.45. The van der Waals surface area contributed by atoms with Crippen LogP contribution < -0.4 is 10.2 Å². The average Bonchev–Trinajstić information content (AvgIpc) is 3.30. The summed E-state index contributed by atoms with van der Waals surface area (Å²) in [5, 5.41) is 3.35. The quantitative estimate of drug-likeness (QED) is 0.899. The highest BCUT2D eigenvalue weighted by atomic mass is 19.1. The molecule has 7 heteroatoms. The van der Waals surface area contributed by atoms with Crippen molar-refractivity contribution in [3.05, 3.63) is 42.1 Å². The molecule has 2 atom stereocenters. The van der Waals surface area contributed by atoms with E-state index in [0.29, 0.717) is 30.9 Å². The van der Waals surface area contributed by atoms with Crippen LogP contribution in [0.4, 0.5) is 16.2 Å². The number of halogens is 1. The van der Waals surface area contributed by atoms with Gasteiger partial charge in [-0.05, 0) is 37.0 Å². The monoisotopic (exact) mass is 343 g/mol. The van der Waals surface area contributed by atoms with E-state index >= 15 is 0 Å². The Balaban J connectivity index is 1.46. The van der Waals surface area contributed by atoms with Crippen LogP contribution in [-0.2, 0) is 11.2 Å². The van der Waals surface area contributed by atoms with Gasteiger partial charge in [-0.25, -0.2) is 9.37 Å². The Kier molecular flexibility index (Phi) is 4.74. The standard InChI is InChI=1S/C18H22FN5O/c19-15-10-21-18(23-17(15)24-7-1-2-8-24)22-16-12-25-11-14(16)9-13-3-5-20-6-4-13/h3-6,10,14,16H,1-2,7-9,11-12H2,(H,21,22,23)/t14-,16+/m1/s1. The van der Waals surface area contributed by atoms with Gasteiger partial charge < -0.3 is 15.0 Å². The third-order valence-corrected chi connectivity index (χ3v) is 4.89. The summed E-state index contributed by atoms with van der Waals surface area (Å²) < 4.78 is 19.7. The van der Waals surface area contributed by atoms with Gasteiger partial charge in [0.25, 0.3) is 0 Å². The van der Waals surface area contributed by atoms with Gasteiger partial charge in [-0.3, -0.25) is 4.98 Å². The Morgan fingerprint density at radius 1 is 1.20 bits per heavy atom. The van der Waals surface area contributed by atoms with Gasteiger partial charge >= 0.3 is 0 Å². The summed E-state index contributed by atoms with van der Waals surface area (Å²) in [6.07, 6.45) is 7.93. The first-order valence-corrected chi connectivity index (χ1v) is 8.80. The van der Waals surface area contributed by atoms with Gasteiger partial charge in [0.1, 0.15) is 0 Å². The first kappa shape index (κ1) is 16.2. The molecule has 2 fully saturated rings. The Hall–Kier alpha value is -2.28. The molecular formula is C18H22FN5O. The third-order valence-electron chi connectivity index (χ3n) is 4.89. The van der Waals surface area contributed by atoms with E-state index in [1.807, 2.05) is 17.0 Å². The summed E-state index contributed by atoms with van der Waals surface area (Å²) in [5.41, 5.74) is 1.23. The van der Waals surface area contributed by atoms with Crippen LogP contribution in [0, 0.1) is 11.7 Å². The number of hydrogen-bond acceptors (Lipinski definition) is 6. The molecule has 132 valence electrons. The Labute approximate surface area is 146 Å². The molecule has 0 aliphatic carbocycles. The predicted molar refractivity (Wildman–Crippen MR) is 93.1 cm³/mol. The lowest BCUT2D eigenvalue weighted by Crippen LogP contribution is -2.30. The summed E-state index contributed by atoms with van der Waals surface area (Å²) in [5.74, 6) is 0.841. The van der Waals surface area contributed by atoms with Gasteiger partial charge in [-0.1, -0.05) is 0 Å². The highest BCUT2D eigenvalue weighted by Crippen LogP contribution is 2.25. The number of aromatic nitrogens is 3. The van der Waals surface area contributed by atoms with Crippen molar-refractivity contribution in [2.45, 2.75) is 25.3 Å². The van der Waals surface area contributed by atoms with Gasteiger partial charge in [-0.15, -0.1) is 0 Å². The Morgan fingerprint density at radius 2 is 2.00 bits per heavy atom. The molecule has 2 aromatic rings. The van der Waals surface area contributed by atoms with E-state index in [9.17, 15) is 4.39 Å². The van der Waals surface area contributed by atoms with Crippen LogP contribution in [0.2, 0.25) is 0 Å². The molecule has 6 nitrogen and oxygen atoms in total. The molecule has 2 aliphatic heterocycles. The number of ether oxygens (including phenoxy) is 1. The summed E-state index contributed by atoms with van der Waals surface area (Å²) in [6.45, 7) is 3.00. The van der Waals surface area contributed by atoms with Gasteiger partial charge in [0.15, 0.2) is 11.6 Å². The number of nitrogens with zero attached hydrogens (tertiary/aromatic N) is 4. The first-order chi connectivity index (χ1) is 12.3.